The number of fused-ring (bicyclic) bond motifs is 1. The molecule has 5 atom stereocenters. The average Bonchev–Trinajstić information content (AvgIpc) is 3.34. The van der Waals surface area contributed by atoms with Crippen molar-refractivity contribution in [3.63, 3.8) is 0 Å². The minimum atomic E-state index is -0.648. The first kappa shape index (κ1) is 27.8. The highest BCUT2D eigenvalue weighted by Crippen LogP contribution is 2.40. The molecule has 2 fully saturated rings. The van der Waals surface area contributed by atoms with E-state index in [1.54, 1.807) is 18.7 Å². The average molecular weight is 521 g/mol. The van der Waals surface area contributed by atoms with Crippen LogP contribution in [-0.2, 0) is 36.9 Å². The van der Waals surface area contributed by atoms with Gasteiger partial charge in [-0.3, -0.25) is 14.9 Å². The molecule has 1 aliphatic carbocycles. The maximum absolute atomic E-state index is 13.9. The Morgan fingerprint density at radius 2 is 1.61 bits per heavy atom. The Kier molecular flexibility index (Phi) is 9.93. The molecule has 2 aromatic carbocycles. The predicted molar refractivity (Wildman–Crippen MR) is 145 cm³/mol. The molecular weight excluding hydrogens is 480 g/mol. The van der Waals surface area contributed by atoms with Crippen molar-refractivity contribution in [1.82, 2.24) is 10.2 Å². The molecule has 1 unspecified atom stereocenters. The van der Waals surface area contributed by atoms with Gasteiger partial charge < -0.3 is 14.4 Å². The van der Waals surface area contributed by atoms with Gasteiger partial charge in [-0.15, -0.1) is 0 Å². The molecule has 0 radical (unpaired) electrons. The second kappa shape index (κ2) is 13.6. The van der Waals surface area contributed by atoms with Gasteiger partial charge in [-0.25, -0.2) is 4.79 Å². The highest BCUT2D eigenvalue weighted by atomic mass is 16.5. The molecule has 2 aliphatic rings. The zero-order valence-electron chi connectivity index (χ0n) is 22.5. The van der Waals surface area contributed by atoms with E-state index in [2.05, 4.69) is 5.32 Å². The van der Waals surface area contributed by atoms with Gasteiger partial charge in [0.2, 0.25) is 5.91 Å². The number of nitrogens with zero attached hydrogens (tertiary/aromatic N) is 1. The van der Waals surface area contributed by atoms with Gasteiger partial charge in [-0.1, -0.05) is 73.5 Å². The molecule has 7 nitrogen and oxygen atoms in total. The van der Waals surface area contributed by atoms with Crippen molar-refractivity contribution < 1.29 is 23.9 Å². The van der Waals surface area contributed by atoms with Gasteiger partial charge in [0.15, 0.2) is 0 Å². The van der Waals surface area contributed by atoms with Gasteiger partial charge in [0, 0.05) is 6.04 Å². The van der Waals surface area contributed by atoms with Crippen LogP contribution in [0.15, 0.2) is 60.7 Å². The van der Waals surface area contributed by atoms with Crippen LogP contribution in [0.2, 0.25) is 0 Å². The molecule has 0 spiro atoms. The van der Waals surface area contributed by atoms with Crippen molar-refractivity contribution in [3.8, 4) is 0 Å². The normalized spacial score (nSPS) is 22.3. The van der Waals surface area contributed by atoms with Gasteiger partial charge in [-0.2, -0.15) is 0 Å². The van der Waals surface area contributed by atoms with Crippen LogP contribution < -0.4 is 5.32 Å². The Bertz CT molecular complexity index is 1060. The number of hydrogen-bond acceptors (Lipinski definition) is 6. The lowest BCUT2D eigenvalue weighted by Crippen LogP contribution is -2.56. The molecule has 1 N–H and O–H groups in total. The standard InChI is InChI=1S/C31H40N2O5/c1-3-37-30(35)26(19-18-23-12-6-4-7-13-23)32-22(2)29(34)33-27-17-11-10-16-25(27)20-28(33)31(36)38-21-24-14-8-5-9-15-24/h4-9,12-15,22,25-28,32H,3,10-11,16-21H2,1-2H3/t22?,25-,26+,27+,28+/m1/s1. The Morgan fingerprint density at radius 3 is 2.29 bits per heavy atom. The van der Waals surface area contributed by atoms with Crippen LogP contribution in [0.4, 0.5) is 0 Å². The number of esters is 2. The van der Waals surface area contributed by atoms with E-state index < -0.39 is 18.1 Å². The molecule has 204 valence electrons. The number of benzene rings is 2. The van der Waals surface area contributed by atoms with Crippen molar-refractivity contribution in [1.29, 1.82) is 0 Å². The van der Waals surface area contributed by atoms with Crippen LogP contribution in [0.1, 0.15) is 63.5 Å². The van der Waals surface area contributed by atoms with Gasteiger partial charge >= 0.3 is 11.9 Å². The number of carbonyl (C=O) groups excluding carboxylic acids is 3. The summed E-state index contributed by atoms with van der Waals surface area (Å²) in [5.41, 5.74) is 2.04. The largest absolute Gasteiger partial charge is 0.465 e. The van der Waals surface area contributed by atoms with E-state index in [0.29, 0.717) is 25.2 Å². The monoisotopic (exact) mass is 520 g/mol. The lowest BCUT2D eigenvalue weighted by Gasteiger charge is -2.35. The fourth-order valence-corrected chi connectivity index (χ4v) is 5.88. The number of likely N-dealkylation sites (tertiary alicyclic amines) is 1. The molecule has 1 aliphatic heterocycles. The third kappa shape index (κ3) is 7.01. The van der Waals surface area contributed by atoms with Gasteiger partial charge in [0.1, 0.15) is 18.7 Å². The third-order valence-electron chi connectivity index (χ3n) is 7.80. The third-order valence-corrected chi connectivity index (χ3v) is 7.80. The maximum Gasteiger partial charge on any atom is 0.329 e. The Morgan fingerprint density at radius 1 is 0.947 bits per heavy atom. The van der Waals surface area contributed by atoms with Crippen molar-refractivity contribution in [2.45, 2.75) is 89.6 Å². The number of nitrogens with one attached hydrogen (secondary N) is 1. The predicted octanol–water partition coefficient (Wildman–Crippen LogP) is 4.43. The van der Waals surface area contributed by atoms with Crippen LogP contribution in [0.25, 0.3) is 0 Å². The highest BCUT2D eigenvalue weighted by molar-refractivity contribution is 5.89. The summed E-state index contributed by atoms with van der Waals surface area (Å²) in [7, 11) is 0. The fraction of sp³-hybridized carbons (Fsp3) is 0.516. The SMILES string of the molecule is CCOC(=O)[C@H](CCc1ccccc1)NC(C)C(=O)N1[C@H](C(=O)OCc2ccccc2)C[C@H]2CCCC[C@@H]21. The second-order valence-electron chi connectivity index (χ2n) is 10.4. The second-order valence-corrected chi connectivity index (χ2v) is 10.4. The smallest absolute Gasteiger partial charge is 0.329 e. The van der Waals surface area contributed by atoms with E-state index >= 15 is 0 Å². The van der Waals surface area contributed by atoms with E-state index in [1.807, 2.05) is 60.7 Å². The Hall–Kier alpha value is -3.19. The summed E-state index contributed by atoms with van der Waals surface area (Å²) >= 11 is 0. The van der Waals surface area contributed by atoms with E-state index in [1.165, 1.54) is 0 Å². The van der Waals surface area contributed by atoms with E-state index in [4.69, 9.17) is 9.47 Å². The molecule has 7 heteroatoms. The number of aryl methyl sites for hydroxylation is 1. The van der Waals surface area contributed by atoms with Crippen LogP contribution in [0, 0.1) is 5.92 Å². The number of hydrogen-bond donors (Lipinski definition) is 1. The van der Waals surface area contributed by atoms with E-state index in [-0.39, 0.29) is 37.1 Å². The van der Waals surface area contributed by atoms with Crippen molar-refractivity contribution >= 4 is 17.8 Å². The zero-order valence-corrected chi connectivity index (χ0v) is 22.5. The first-order chi connectivity index (χ1) is 18.5. The van der Waals surface area contributed by atoms with E-state index in [0.717, 1.165) is 36.8 Å². The quantitative estimate of drug-likeness (QED) is 0.441. The van der Waals surface area contributed by atoms with Crippen molar-refractivity contribution in [3.05, 3.63) is 71.8 Å². The van der Waals surface area contributed by atoms with Crippen LogP contribution in [-0.4, -0.2) is 53.5 Å². The fourth-order valence-electron chi connectivity index (χ4n) is 5.88. The number of rotatable bonds is 11. The minimum Gasteiger partial charge on any atom is -0.465 e. The van der Waals surface area contributed by atoms with Gasteiger partial charge in [0.25, 0.3) is 0 Å². The summed E-state index contributed by atoms with van der Waals surface area (Å²) in [5, 5.41) is 3.24. The van der Waals surface area contributed by atoms with Gasteiger partial charge in [-0.05, 0) is 63.0 Å². The zero-order chi connectivity index (χ0) is 26.9. The summed E-state index contributed by atoms with van der Waals surface area (Å²) in [5.74, 6) is -0.572. The molecule has 0 aromatic heterocycles. The van der Waals surface area contributed by atoms with Crippen molar-refractivity contribution in [2.24, 2.45) is 5.92 Å². The first-order valence-electron chi connectivity index (χ1n) is 14.0. The molecule has 1 amide bonds. The Labute approximate surface area is 225 Å². The summed E-state index contributed by atoms with van der Waals surface area (Å²) in [6.07, 6.45) is 5.89. The summed E-state index contributed by atoms with van der Waals surface area (Å²) in [6.45, 7) is 4.01. The topological polar surface area (TPSA) is 84.9 Å². The van der Waals surface area contributed by atoms with Gasteiger partial charge in [0.05, 0.1) is 12.6 Å². The van der Waals surface area contributed by atoms with Crippen LogP contribution in [0.3, 0.4) is 0 Å². The molecular formula is C31H40N2O5. The summed E-state index contributed by atoms with van der Waals surface area (Å²) in [4.78, 5) is 41.7. The lowest BCUT2D eigenvalue weighted by molar-refractivity contribution is -0.157. The summed E-state index contributed by atoms with van der Waals surface area (Å²) in [6, 6.07) is 17.7. The van der Waals surface area contributed by atoms with Crippen LogP contribution in [0.5, 0.6) is 0 Å². The maximum atomic E-state index is 13.9. The minimum absolute atomic E-state index is 0.0279. The number of amides is 1. The van der Waals surface area contributed by atoms with Crippen molar-refractivity contribution in [2.75, 3.05) is 6.61 Å². The lowest BCUT2D eigenvalue weighted by atomic mass is 9.84. The molecule has 1 saturated carbocycles. The highest BCUT2D eigenvalue weighted by Gasteiger charge is 2.49. The summed E-state index contributed by atoms with van der Waals surface area (Å²) < 4.78 is 11.0. The molecule has 4 rings (SSSR count). The van der Waals surface area contributed by atoms with Crippen LogP contribution >= 0.6 is 0 Å². The molecule has 38 heavy (non-hydrogen) atoms. The van der Waals surface area contributed by atoms with E-state index in [9.17, 15) is 14.4 Å². The molecule has 2 aromatic rings. The molecule has 0 bridgehead atoms. The molecule has 1 saturated heterocycles. The number of ether oxygens (including phenoxy) is 2. The Balaban J connectivity index is 1.45. The molecule has 1 heterocycles. The first-order valence-corrected chi connectivity index (χ1v) is 14.0. The number of carbonyl (C=O) groups is 3.